The molecule has 0 unspecified atom stereocenters. The average molecular weight is 453 g/mol. The number of rotatable bonds is 5. The van der Waals surface area contributed by atoms with E-state index in [0.29, 0.717) is 17.3 Å². The van der Waals surface area contributed by atoms with Gasteiger partial charge >= 0.3 is 0 Å². The third-order valence-electron chi connectivity index (χ3n) is 6.13. The molecule has 2 N–H and O–H groups in total. The summed E-state index contributed by atoms with van der Waals surface area (Å²) < 4.78 is 0. The summed E-state index contributed by atoms with van der Waals surface area (Å²) in [5.41, 5.74) is 2.42. The van der Waals surface area contributed by atoms with Gasteiger partial charge in [-0.15, -0.1) is 0 Å². The third kappa shape index (κ3) is 4.08. The van der Waals surface area contributed by atoms with Crippen LogP contribution in [0.2, 0.25) is 0 Å². The minimum absolute atomic E-state index is 0.112. The maximum atomic E-state index is 13.4. The van der Waals surface area contributed by atoms with Gasteiger partial charge in [-0.05, 0) is 36.2 Å². The quantitative estimate of drug-likeness (QED) is 0.268. The monoisotopic (exact) mass is 453 g/mol. The molecular weight excluding hydrogens is 430 g/mol. The van der Waals surface area contributed by atoms with Crippen molar-refractivity contribution in [2.24, 2.45) is 0 Å². The third-order valence-corrected chi connectivity index (χ3v) is 6.13. The van der Waals surface area contributed by atoms with Crippen molar-refractivity contribution in [2.45, 2.75) is 31.7 Å². The largest absolute Gasteiger partial charge is 0.505 e. The molecule has 5 rings (SSSR count). The Morgan fingerprint density at radius 1 is 0.941 bits per heavy atom. The number of imide groups is 1. The Bertz CT molecular complexity index is 1400. The van der Waals surface area contributed by atoms with E-state index in [4.69, 9.17) is 0 Å². The lowest BCUT2D eigenvalue weighted by Crippen LogP contribution is -2.53. The van der Waals surface area contributed by atoms with Gasteiger partial charge in [0.25, 0.3) is 0 Å². The molecule has 1 aliphatic heterocycles. The number of benzene rings is 3. The number of carbonyl (C=O) groups excluding carboxylic acids is 3. The number of carbonyl (C=O) groups is 3. The summed E-state index contributed by atoms with van der Waals surface area (Å²) in [6, 6.07) is 20.9. The minimum Gasteiger partial charge on any atom is -0.505 e. The fraction of sp³-hybridized carbons (Fsp3) is 0.185. The van der Waals surface area contributed by atoms with Crippen LogP contribution in [0.4, 0.5) is 5.69 Å². The smallest absolute Gasteiger partial charge is 0.248 e. The summed E-state index contributed by atoms with van der Waals surface area (Å²) in [5, 5.41) is 15.1. The number of amides is 3. The van der Waals surface area contributed by atoms with E-state index < -0.39 is 11.9 Å². The number of pyridine rings is 1. The van der Waals surface area contributed by atoms with Crippen LogP contribution in [-0.4, -0.2) is 38.8 Å². The highest BCUT2D eigenvalue weighted by Crippen LogP contribution is 2.34. The Hall–Kier alpha value is -4.26. The number of anilines is 1. The second-order valence-electron chi connectivity index (χ2n) is 8.42. The Kier molecular flexibility index (Phi) is 5.67. The number of fused-ring (bicyclic) bond motifs is 2. The van der Waals surface area contributed by atoms with Crippen LogP contribution in [0.5, 0.6) is 5.75 Å². The van der Waals surface area contributed by atoms with Crippen LogP contribution in [0.1, 0.15) is 24.8 Å². The molecule has 34 heavy (non-hydrogen) atoms. The molecule has 4 aromatic rings. The number of piperidine rings is 1. The zero-order valence-electron chi connectivity index (χ0n) is 18.4. The summed E-state index contributed by atoms with van der Waals surface area (Å²) in [4.78, 5) is 44.3. The van der Waals surface area contributed by atoms with E-state index in [0.717, 1.165) is 21.4 Å². The zero-order valence-corrected chi connectivity index (χ0v) is 18.4. The van der Waals surface area contributed by atoms with Crippen LogP contribution in [0, 0.1) is 0 Å². The molecule has 0 radical (unpaired) electrons. The standard InChI is InChI=1S/C27H23N3O4/c31-24-11-6-12-25(32)30(24)23(15-17-7-2-1-3-8-17)27(34)29-22-14-13-21-19(26(22)33)16-18-9-4-5-10-20(18)28-21/h1-5,7-10,13-14,16,23,33H,6,11-12,15H2,(H,29,34)/t23-/m0/s1. The molecule has 7 nitrogen and oxygen atoms in total. The first-order valence-corrected chi connectivity index (χ1v) is 11.2. The van der Waals surface area contributed by atoms with Crippen LogP contribution in [-0.2, 0) is 20.8 Å². The molecule has 0 bridgehead atoms. The van der Waals surface area contributed by atoms with Crippen LogP contribution in [0.15, 0.2) is 72.8 Å². The maximum Gasteiger partial charge on any atom is 0.248 e. The van der Waals surface area contributed by atoms with Crippen molar-refractivity contribution < 1.29 is 19.5 Å². The van der Waals surface area contributed by atoms with Crippen LogP contribution >= 0.6 is 0 Å². The topological polar surface area (TPSA) is 99.6 Å². The molecule has 0 aliphatic carbocycles. The summed E-state index contributed by atoms with van der Waals surface area (Å²) in [5.74, 6) is -1.36. The van der Waals surface area contributed by atoms with Gasteiger partial charge in [0.05, 0.1) is 16.7 Å². The van der Waals surface area contributed by atoms with E-state index in [1.165, 1.54) is 0 Å². The molecular formula is C27H23N3O4. The molecule has 0 spiro atoms. The van der Waals surface area contributed by atoms with Crippen molar-refractivity contribution in [3.05, 3.63) is 78.4 Å². The number of phenols is 1. The minimum atomic E-state index is -1.02. The first-order valence-electron chi connectivity index (χ1n) is 11.2. The first kappa shape index (κ1) is 21.6. The predicted octanol–water partition coefficient (Wildman–Crippen LogP) is 4.18. The number of likely N-dealkylation sites (tertiary alicyclic amines) is 1. The van der Waals surface area contributed by atoms with E-state index in [1.807, 2.05) is 60.7 Å². The summed E-state index contributed by atoms with van der Waals surface area (Å²) in [6.45, 7) is 0. The van der Waals surface area contributed by atoms with Crippen LogP contribution < -0.4 is 5.32 Å². The van der Waals surface area contributed by atoms with E-state index in [1.54, 1.807) is 12.1 Å². The number of aromatic hydroxyl groups is 1. The number of aromatic nitrogens is 1. The van der Waals surface area contributed by atoms with E-state index >= 15 is 0 Å². The normalized spacial score (nSPS) is 15.0. The number of nitrogens with one attached hydrogen (secondary N) is 1. The molecule has 0 saturated carbocycles. The number of hydrogen-bond donors (Lipinski definition) is 2. The summed E-state index contributed by atoms with van der Waals surface area (Å²) >= 11 is 0. The molecule has 2 heterocycles. The number of hydrogen-bond acceptors (Lipinski definition) is 5. The van der Waals surface area contributed by atoms with Crippen molar-refractivity contribution in [2.75, 3.05) is 5.32 Å². The van der Waals surface area contributed by atoms with Gasteiger partial charge in [0.1, 0.15) is 11.8 Å². The van der Waals surface area contributed by atoms with Crippen molar-refractivity contribution in [3.63, 3.8) is 0 Å². The Balaban J connectivity index is 1.49. The zero-order chi connectivity index (χ0) is 23.7. The van der Waals surface area contributed by atoms with Crippen LogP contribution in [0.25, 0.3) is 21.8 Å². The van der Waals surface area contributed by atoms with Crippen molar-refractivity contribution in [1.29, 1.82) is 0 Å². The molecule has 7 heteroatoms. The molecule has 3 aromatic carbocycles. The molecule has 170 valence electrons. The lowest BCUT2D eigenvalue weighted by molar-refractivity contribution is -0.153. The number of para-hydroxylation sites is 1. The van der Waals surface area contributed by atoms with E-state index in [2.05, 4.69) is 10.3 Å². The fourth-order valence-corrected chi connectivity index (χ4v) is 4.41. The lowest BCUT2D eigenvalue weighted by atomic mass is 9.99. The van der Waals surface area contributed by atoms with Gasteiger partial charge in [0, 0.05) is 30.0 Å². The Labute approximate surface area is 196 Å². The van der Waals surface area contributed by atoms with Gasteiger partial charge in [0.2, 0.25) is 17.7 Å². The molecule has 3 amide bonds. The first-order chi connectivity index (χ1) is 16.5. The molecule has 1 fully saturated rings. The molecule has 1 aliphatic rings. The van der Waals surface area contributed by atoms with Gasteiger partial charge in [-0.3, -0.25) is 19.3 Å². The van der Waals surface area contributed by atoms with Gasteiger partial charge in [0.15, 0.2) is 0 Å². The van der Waals surface area contributed by atoms with Crippen LogP contribution in [0.3, 0.4) is 0 Å². The SMILES string of the molecule is O=C(Nc1ccc2nc3ccccc3cc2c1O)[C@H](Cc1ccccc1)N1C(=O)CCCC1=O. The highest BCUT2D eigenvalue weighted by molar-refractivity contribution is 6.07. The maximum absolute atomic E-state index is 13.4. The van der Waals surface area contributed by atoms with Gasteiger partial charge in [-0.25, -0.2) is 4.98 Å². The average Bonchev–Trinajstić information content (AvgIpc) is 2.85. The highest BCUT2D eigenvalue weighted by atomic mass is 16.3. The second-order valence-corrected chi connectivity index (χ2v) is 8.42. The van der Waals surface area contributed by atoms with Crippen molar-refractivity contribution >= 4 is 45.2 Å². The Morgan fingerprint density at radius 3 is 2.41 bits per heavy atom. The molecule has 1 atom stereocenters. The number of phenolic OH excluding ortho intramolecular Hbond substituents is 1. The number of nitrogens with zero attached hydrogens (tertiary/aromatic N) is 2. The summed E-state index contributed by atoms with van der Waals surface area (Å²) in [6.07, 6.45) is 1.12. The van der Waals surface area contributed by atoms with Crippen molar-refractivity contribution in [3.8, 4) is 5.75 Å². The van der Waals surface area contributed by atoms with Gasteiger partial charge < -0.3 is 10.4 Å². The van der Waals surface area contributed by atoms with E-state index in [9.17, 15) is 19.5 Å². The molecule has 1 saturated heterocycles. The second kappa shape index (κ2) is 8.94. The molecule has 1 aromatic heterocycles. The van der Waals surface area contributed by atoms with E-state index in [-0.39, 0.29) is 42.5 Å². The highest BCUT2D eigenvalue weighted by Gasteiger charge is 2.37. The van der Waals surface area contributed by atoms with Gasteiger partial charge in [-0.2, -0.15) is 0 Å². The lowest BCUT2D eigenvalue weighted by Gasteiger charge is -2.32. The predicted molar refractivity (Wildman–Crippen MR) is 129 cm³/mol. The van der Waals surface area contributed by atoms with Gasteiger partial charge in [-0.1, -0.05) is 48.5 Å². The summed E-state index contributed by atoms with van der Waals surface area (Å²) in [7, 11) is 0. The van der Waals surface area contributed by atoms with Crippen molar-refractivity contribution in [1.82, 2.24) is 9.88 Å². The fourth-order valence-electron chi connectivity index (χ4n) is 4.41. The Morgan fingerprint density at radius 2 is 1.65 bits per heavy atom.